The Labute approximate surface area is 158 Å². The lowest BCUT2D eigenvalue weighted by Gasteiger charge is -2.27. The third-order valence-electron chi connectivity index (χ3n) is 4.33. The van der Waals surface area contributed by atoms with Gasteiger partial charge in [-0.05, 0) is 36.2 Å². The van der Waals surface area contributed by atoms with E-state index in [1.807, 2.05) is 0 Å². The Balaban J connectivity index is 1.67. The van der Waals surface area contributed by atoms with Crippen LogP contribution in [0.2, 0.25) is 0 Å². The lowest BCUT2D eigenvalue weighted by Crippen LogP contribution is -2.40. The first-order valence-electron chi connectivity index (χ1n) is 8.67. The van der Waals surface area contributed by atoms with E-state index in [1.54, 1.807) is 35.2 Å². The van der Waals surface area contributed by atoms with Gasteiger partial charge in [-0.2, -0.15) is 0 Å². The average Bonchev–Trinajstić information content (AvgIpc) is 2.69. The predicted molar refractivity (Wildman–Crippen MR) is 98.5 cm³/mol. The fourth-order valence-corrected chi connectivity index (χ4v) is 3.93. The van der Waals surface area contributed by atoms with Crippen molar-refractivity contribution in [3.8, 4) is 0 Å². The summed E-state index contributed by atoms with van der Waals surface area (Å²) in [6, 6.07) is 12.2. The third kappa shape index (κ3) is 4.91. The lowest BCUT2D eigenvalue weighted by atomic mass is 10.1. The van der Waals surface area contributed by atoms with E-state index in [2.05, 4.69) is 4.72 Å². The van der Waals surface area contributed by atoms with Crippen LogP contribution >= 0.6 is 0 Å². The predicted octanol–water partition coefficient (Wildman–Crippen LogP) is 1.82. The van der Waals surface area contributed by atoms with E-state index in [4.69, 9.17) is 4.74 Å². The van der Waals surface area contributed by atoms with Crippen LogP contribution in [-0.4, -0.2) is 52.1 Å². The Hall–Kier alpha value is -2.29. The van der Waals surface area contributed by atoms with Crippen LogP contribution in [0.5, 0.6) is 0 Å². The molecule has 2 aromatic rings. The smallest absolute Gasteiger partial charge is 0.254 e. The van der Waals surface area contributed by atoms with Crippen molar-refractivity contribution in [2.24, 2.45) is 0 Å². The Kier molecular flexibility index (Phi) is 6.20. The van der Waals surface area contributed by atoms with E-state index in [-0.39, 0.29) is 29.6 Å². The first-order valence-corrected chi connectivity index (χ1v) is 10.2. The number of sulfonamides is 1. The van der Waals surface area contributed by atoms with Crippen LogP contribution in [0, 0.1) is 5.82 Å². The largest absolute Gasteiger partial charge is 0.378 e. The van der Waals surface area contributed by atoms with Gasteiger partial charge >= 0.3 is 0 Å². The van der Waals surface area contributed by atoms with Crippen molar-refractivity contribution in [2.45, 2.75) is 11.3 Å². The van der Waals surface area contributed by atoms with E-state index in [0.717, 1.165) is 0 Å². The molecule has 1 N–H and O–H groups in total. The van der Waals surface area contributed by atoms with Gasteiger partial charge in [0, 0.05) is 25.2 Å². The van der Waals surface area contributed by atoms with Crippen LogP contribution in [0.4, 0.5) is 4.39 Å². The van der Waals surface area contributed by atoms with Gasteiger partial charge < -0.3 is 9.64 Å². The summed E-state index contributed by atoms with van der Waals surface area (Å²) in [7, 11) is -3.80. The molecule has 1 heterocycles. The second-order valence-corrected chi connectivity index (χ2v) is 7.94. The number of nitrogens with zero attached hydrogens (tertiary/aromatic N) is 1. The molecule has 1 amide bonds. The Morgan fingerprint density at radius 2 is 1.85 bits per heavy atom. The maximum absolute atomic E-state index is 13.6. The van der Waals surface area contributed by atoms with Crippen LogP contribution in [0.15, 0.2) is 53.4 Å². The zero-order valence-electron chi connectivity index (χ0n) is 14.7. The molecule has 144 valence electrons. The molecule has 1 fully saturated rings. The molecule has 0 spiro atoms. The first kappa shape index (κ1) is 19.5. The summed E-state index contributed by atoms with van der Waals surface area (Å²) in [5.74, 6) is -0.587. The Morgan fingerprint density at radius 1 is 1.11 bits per heavy atom. The van der Waals surface area contributed by atoms with Crippen molar-refractivity contribution in [1.29, 1.82) is 0 Å². The number of halogens is 1. The van der Waals surface area contributed by atoms with Crippen molar-refractivity contribution in [1.82, 2.24) is 9.62 Å². The topological polar surface area (TPSA) is 75.7 Å². The summed E-state index contributed by atoms with van der Waals surface area (Å²) in [5, 5.41) is 0. The highest BCUT2D eigenvalue weighted by Gasteiger charge is 2.21. The van der Waals surface area contributed by atoms with E-state index >= 15 is 0 Å². The number of morpholine rings is 1. The molecular weight excluding hydrogens is 371 g/mol. The molecule has 0 unspecified atom stereocenters. The lowest BCUT2D eigenvalue weighted by molar-refractivity contribution is 0.0302. The van der Waals surface area contributed by atoms with E-state index < -0.39 is 10.0 Å². The molecule has 1 aliphatic rings. The highest BCUT2D eigenvalue weighted by Crippen LogP contribution is 2.15. The Bertz CT molecular complexity index is 911. The quantitative estimate of drug-likeness (QED) is 0.814. The number of carbonyl (C=O) groups excluding carboxylic acids is 1. The standard InChI is InChI=1S/C19H21FN2O4S/c20-18-7-2-1-4-15(18)8-9-21-27(24,25)17-6-3-5-16(14-17)19(23)22-10-12-26-13-11-22/h1-7,14,21H,8-13H2. The van der Waals surface area contributed by atoms with Gasteiger partial charge in [0.15, 0.2) is 0 Å². The minimum absolute atomic E-state index is 0.00939. The van der Waals surface area contributed by atoms with Crippen LogP contribution in [0.1, 0.15) is 15.9 Å². The number of ether oxygens (including phenoxy) is 1. The van der Waals surface area contributed by atoms with Gasteiger partial charge in [-0.3, -0.25) is 4.79 Å². The van der Waals surface area contributed by atoms with E-state index in [9.17, 15) is 17.6 Å². The summed E-state index contributed by atoms with van der Waals surface area (Å²) < 4.78 is 46.3. The summed E-state index contributed by atoms with van der Waals surface area (Å²) in [5.41, 5.74) is 0.755. The zero-order chi connectivity index (χ0) is 19.3. The van der Waals surface area contributed by atoms with Crippen molar-refractivity contribution in [3.63, 3.8) is 0 Å². The molecular formula is C19H21FN2O4S. The molecule has 3 rings (SSSR count). The number of amides is 1. The molecule has 8 heteroatoms. The molecule has 6 nitrogen and oxygen atoms in total. The molecule has 27 heavy (non-hydrogen) atoms. The first-order chi connectivity index (χ1) is 13.0. The van der Waals surface area contributed by atoms with Crippen molar-refractivity contribution in [3.05, 3.63) is 65.5 Å². The highest BCUT2D eigenvalue weighted by molar-refractivity contribution is 7.89. The molecule has 0 aromatic heterocycles. The van der Waals surface area contributed by atoms with Gasteiger partial charge in [-0.1, -0.05) is 24.3 Å². The van der Waals surface area contributed by atoms with Gasteiger partial charge in [0.2, 0.25) is 10.0 Å². The SMILES string of the molecule is O=C(c1cccc(S(=O)(=O)NCCc2ccccc2F)c1)N1CCOCC1. The number of nitrogens with one attached hydrogen (secondary N) is 1. The summed E-state index contributed by atoms with van der Waals surface area (Å²) in [6.45, 7) is 1.97. The fraction of sp³-hybridized carbons (Fsp3) is 0.316. The zero-order valence-corrected chi connectivity index (χ0v) is 15.5. The molecule has 1 aliphatic heterocycles. The number of hydrogen-bond donors (Lipinski definition) is 1. The summed E-state index contributed by atoms with van der Waals surface area (Å²) >= 11 is 0. The maximum Gasteiger partial charge on any atom is 0.254 e. The van der Waals surface area contributed by atoms with Gasteiger partial charge in [-0.15, -0.1) is 0 Å². The van der Waals surface area contributed by atoms with E-state index in [0.29, 0.717) is 37.4 Å². The van der Waals surface area contributed by atoms with Gasteiger partial charge in [-0.25, -0.2) is 17.5 Å². The molecule has 0 saturated carbocycles. The molecule has 0 radical (unpaired) electrons. The molecule has 1 saturated heterocycles. The fourth-order valence-electron chi connectivity index (χ4n) is 2.85. The minimum Gasteiger partial charge on any atom is -0.378 e. The second kappa shape index (κ2) is 8.60. The number of carbonyl (C=O) groups is 1. The van der Waals surface area contributed by atoms with Crippen LogP contribution < -0.4 is 4.72 Å². The normalized spacial score (nSPS) is 14.9. The monoisotopic (exact) mass is 392 g/mol. The van der Waals surface area contributed by atoms with Gasteiger partial charge in [0.25, 0.3) is 5.91 Å². The summed E-state index contributed by atoms with van der Waals surface area (Å²) in [4.78, 5) is 14.2. The van der Waals surface area contributed by atoms with Crippen LogP contribution in [0.25, 0.3) is 0 Å². The van der Waals surface area contributed by atoms with Crippen molar-refractivity contribution in [2.75, 3.05) is 32.8 Å². The number of hydrogen-bond acceptors (Lipinski definition) is 4. The summed E-state index contributed by atoms with van der Waals surface area (Å²) in [6.07, 6.45) is 0.234. The molecule has 0 atom stereocenters. The molecule has 0 aliphatic carbocycles. The van der Waals surface area contributed by atoms with Crippen LogP contribution in [0.3, 0.4) is 0 Å². The van der Waals surface area contributed by atoms with Crippen molar-refractivity contribution >= 4 is 15.9 Å². The minimum atomic E-state index is -3.80. The molecule has 2 aromatic carbocycles. The average molecular weight is 392 g/mol. The molecule has 0 bridgehead atoms. The maximum atomic E-state index is 13.6. The second-order valence-electron chi connectivity index (χ2n) is 6.17. The van der Waals surface area contributed by atoms with Crippen LogP contribution in [-0.2, 0) is 21.2 Å². The van der Waals surface area contributed by atoms with Crippen molar-refractivity contribution < 1.29 is 22.3 Å². The van der Waals surface area contributed by atoms with Gasteiger partial charge in [0.1, 0.15) is 5.82 Å². The van der Waals surface area contributed by atoms with E-state index in [1.165, 1.54) is 18.2 Å². The number of rotatable bonds is 6. The van der Waals surface area contributed by atoms with Gasteiger partial charge in [0.05, 0.1) is 18.1 Å². The number of benzene rings is 2. The third-order valence-corrected chi connectivity index (χ3v) is 5.79. The highest BCUT2D eigenvalue weighted by atomic mass is 32.2. The Morgan fingerprint density at radius 3 is 2.59 bits per heavy atom.